The fourth-order valence-corrected chi connectivity index (χ4v) is 2.47. The number of nitrogens with one attached hydrogen (secondary N) is 1. The SMILES string of the molecule is CB(C#N)[C@@H](C)C(=O)NC(C(=O)O)C1CCCCC1. The van der Waals surface area contributed by atoms with Crippen molar-refractivity contribution in [2.75, 3.05) is 0 Å². The Bertz CT molecular complexity index is 375. The predicted octanol–water partition coefficient (Wildman–Crippen LogP) is 1.71. The number of carbonyl (C=O) groups is 2. The Hall–Kier alpha value is -1.51. The van der Waals surface area contributed by atoms with Crippen LogP contribution >= 0.6 is 0 Å². The molecule has 0 radical (unpaired) electrons. The van der Waals surface area contributed by atoms with Crippen LogP contribution < -0.4 is 5.32 Å². The molecule has 19 heavy (non-hydrogen) atoms. The number of carboxylic acids is 1. The molecule has 0 aromatic heterocycles. The minimum absolute atomic E-state index is 0.0137. The number of nitrogens with zero attached hydrogens (tertiary/aromatic N) is 1. The van der Waals surface area contributed by atoms with E-state index in [1.54, 1.807) is 13.7 Å². The number of rotatable bonds is 5. The van der Waals surface area contributed by atoms with Crippen LogP contribution in [0.15, 0.2) is 0 Å². The molecule has 0 saturated heterocycles. The van der Waals surface area contributed by atoms with Gasteiger partial charge in [0.15, 0.2) is 0 Å². The van der Waals surface area contributed by atoms with Crippen molar-refractivity contribution in [1.82, 2.24) is 5.32 Å². The first-order valence-electron chi connectivity index (χ1n) is 6.90. The maximum Gasteiger partial charge on any atom is 0.326 e. The van der Waals surface area contributed by atoms with Gasteiger partial charge in [0.25, 0.3) is 6.71 Å². The lowest BCUT2D eigenvalue weighted by molar-refractivity contribution is -0.143. The highest BCUT2D eigenvalue weighted by Crippen LogP contribution is 2.27. The van der Waals surface area contributed by atoms with Crippen LogP contribution in [0.2, 0.25) is 12.6 Å². The molecule has 5 nitrogen and oxygen atoms in total. The number of amides is 1. The normalized spacial score (nSPS) is 19.0. The van der Waals surface area contributed by atoms with Gasteiger partial charge in [-0.1, -0.05) is 33.0 Å². The molecular weight excluding hydrogens is 243 g/mol. The highest BCUT2D eigenvalue weighted by molar-refractivity contribution is 6.70. The third-order valence-electron chi connectivity index (χ3n) is 4.05. The molecule has 0 heterocycles. The van der Waals surface area contributed by atoms with E-state index in [0.29, 0.717) is 0 Å². The standard InChI is InChI=1S/C13H21BN2O3/c1-9(14(2)8-15)12(17)16-11(13(18)19)10-6-4-3-5-7-10/h9-11H,3-7H2,1-2H3,(H,16,17)(H,18,19)/t9-,11?/m0/s1. The van der Waals surface area contributed by atoms with E-state index in [-0.39, 0.29) is 11.8 Å². The molecule has 2 N–H and O–H groups in total. The monoisotopic (exact) mass is 264 g/mol. The molecular formula is C13H21BN2O3. The second-order valence-corrected chi connectivity index (χ2v) is 5.43. The van der Waals surface area contributed by atoms with Gasteiger partial charge in [-0.05, 0) is 18.8 Å². The molecule has 1 fully saturated rings. The van der Waals surface area contributed by atoms with Crippen LogP contribution in [0.1, 0.15) is 39.0 Å². The number of hydrogen-bond donors (Lipinski definition) is 2. The molecule has 1 saturated carbocycles. The van der Waals surface area contributed by atoms with Crippen molar-refractivity contribution < 1.29 is 14.7 Å². The summed E-state index contributed by atoms with van der Waals surface area (Å²) in [5.41, 5.74) is 0. The highest BCUT2D eigenvalue weighted by Gasteiger charge is 2.33. The second-order valence-electron chi connectivity index (χ2n) is 5.43. The Morgan fingerprint density at radius 1 is 1.37 bits per heavy atom. The Kier molecular flexibility index (Phi) is 5.87. The Morgan fingerprint density at radius 3 is 2.42 bits per heavy atom. The van der Waals surface area contributed by atoms with Gasteiger partial charge in [0.1, 0.15) is 6.04 Å². The van der Waals surface area contributed by atoms with Crippen LogP contribution in [0.5, 0.6) is 0 Å². The van der Waals surface area contributed by atoms with Gasteiger partial charge in [-0.3, -0.25) is 4.79 Å². The van der Waals surface area contributed by atoms with E-state index in [2.05, 4.69) is 5.32 Å². The molecule has 0 aromatic carbocycles. The molecule has 1 aliphatic carbocycles. The van der Waals surface area contributed by atoms with Gasteiger partial charge < -0.3 is 10.4 Å². The maximum absolute atomic E-state index is 12.0. The molecule has 0 aromatic rings. The van der Waals surface area contributed by atoms with Crippen molar-refractivity contribution in [2.45, 2.75) is 57.7 Å². The molecule has 0 aliphatic heterocycles. The molecule has 1 rings (SSSR count). The fraction of sp³-hybridized carbons (Fsp3) is 0.769. The van der Waals surface area contributed by atoms with Crippen LogP contribution in [-0.2, 0) is 9.59 Å². The zero-order valence-corrected chi connectivity index (χ0v) is 11.6. The van der Waals surface area contributed by atoms with Crippen molar-refractivity contribution in [1.29, 1.82) is 5.26 Å². The zero-order valence-electron chi connectivity index (χ0n) is 11.6. The van der Waals surface area contributed by atoms with E-state index in [1.807, 2.05) is 5.97 Å². The molecule has 0 spiro atoms. The summed E-state index contributed by atoms with van der Waals surface area (Å²) in [7, 11) is 0. The van der Waals surface area contributed by atoms with E-state index in [1.165, 1.54) is 0 Å². The summed E-state index contributed by atoms with van der Waals surface area (Å²) in [6.07, 6.45) is 4.88. The van der Waals surface area contributed by atoms with Crippen LogP contribution in [0.3, 0.4) is 0 Å². The zero-order chi connectivity index (χ0) is 14.4. The maximum atomic E-state index is 12.0. The van der Waals surface area contributed by atoms with Gasteiger partial charge in [-0.15, -0.1) is 0 Å². The van der Waals surface area contributed by atoms with Gasteiger partial charge in [0, 0.05) is 11.8 Å². The fourth-order valence-electron chi connectivity index (χ4n) is 2.47. The average molecular weight is 264 g/mol. The van der Waals surface area contributed by atoms with Crippen molar-refractivity contribution in [3.63, 3.8) is 0 Å². The predicted molar refractivity (Wildman–Crippen MR) is 72.8 cm³/mol. The Morgan fingerprint density at radius 2 is 1.95 bits per heavy atom. The van der Waals surface area contributed by atoms with Crippen LogP contribution in [0.4, 0.5) is 0 Å². The Balaban J connectivity index is 2.65. The van der Waals surface area contributed by atoms with Gasteiger partial charge in [-0.2, -0.15) is 0 Å². The first-order chi connectivity index (χ1) is 8.97. The van der Waals surface area contributed by atoms with E-state index in [4.69, 9.17) is 5.26 Å². The highest BCUT2D eigenvalue weighted by atomic mass is 16.4. The summed E-state index contributed by atoms with van der Waals surface area (Å²) in [5, 5.41) is 20.7. The Labute approximate surface area is 114 Å². The summed E-state index contributed by atoms with van der Waals surface area (Å²) in [6, 6.07) is -0.818. The second kappa shape index (κ2) is 7.17. The van der Waals surface area contributed by atoms with Crippen LogP contribution in [-0.4, -0.2) is 29.7 Å². The number of carbonyl (C=O) groups excluding carboxylic acids is 1. The van der Waals surface area contributed by atoms with Crippen LogP contribution in [0, 0.1) is 17.1 Å². The first kappa shape index (κ1) is 15.6. The smallest absolute Gasteiger partial charge is 0.326 e. The lowest BCUT2D eigenvalue weighted by atomic mass is 9.44. The van der Waals surface area contributed by atoms with E-state index in [9.17, 15) is 14.7 Å². The van der Waals surface area contributed by atoms with Gasteiger partial charge in [0.2, 0.25) is 5.91 Å². The van der Waals surface area contributed by atoms with E-state index in [0.717, 1.165) is 32.1 Å². The summed E-state index contributed by atoms with van der Waals surface area (Å²) in [4.78, 5) is 23.3. The molecule has 1 amide bonds. The van der Waals surface area contributed by atoms with E-state index >= 15 is 0 Å². The van der Waals surface area contributed by atoms with E-state index < -0.39 is 24.5 Å². The minimum Gasteiger partial charge on any atom is -0.480 e. The largest absolute Gasteiger partial charge is 0.480 e. The third-order valence-corrected chi connectivity index (χ3v) is 4.05. The van der Waals surface area contributed by atoms with Gasteiger partial charge in [0.05, 0.1) is 0 Å². The van der Waals surface area contributed by atoms with Crippen molar-refractivity contribution in [2.24, 2.45) is 5.92 Å². The summed E-state index contributed by atoms with van der Waals surface area (Å²) >= 11 is 0. The summed E-state index contributed by atoms with van der Waals surface area (Å²) in [6.45, 7) is 2.91. The van der Waals surface area contributed by atoms with Gasteiger partial charge in [-0.25, -0.2) is 10.1 Å². The third kappa shape index (κ3) is 4.27. The number of hydrogen-bond acceptors (Lipinski definition) is 3. The molecule has 104 valence electrons. The lowest BCUT2D eigenvalue weighted by Gasteiger charge is -2.29. The van der Waals surface area contributed by atoms with Crippen molar-refractivity contribution >= 4 is 18.6 Å². The molecule has 1 aliphatic rings. The number of aliphatic carboxylic acids is 1. The van der Waals surface area contributed by atoms with Crippen molar-refractivity contribution in [3.8, 4) is 5.97 Å². The van der Waals surface area contributed by atoms with Crippen molar-refractivity contribution in [3.05, 3.63) is 0 Å². The lowest BCUT2D eigenvalue weighted by Crippen LogP contribution is -2.48. The summed E-state index contributed by atoms with van der Waals surface area (Å²) < 4.78 is 0. The van der Waals surface area contributed by atoms with Gasteiger partial charge >= 0.3 is 5.97 Å². The minimum atomic E-state index is -0.975. The van der Waals surface area contributed by atoms with Crippen LogP contribution in [0.25, 0.3) is 0 Å². The first-order valence-corrected chi connectivity index (χ1v) is 6.90. The molecule has 2 atom stereocenters. The summed E-state index contributed by atoms with van der Waals surface area (Å²) in [5.74, 6) is 0.227. The quantitative estimate of drug-likeness (QED) is 0.739. The molecule has 1 unspecified atom stereocenters. The number of nitriles is 1. The molecule has 0 bridgehead atoms. The number of carboxylic acid groups (broad SMARTS) is 1. The topological polar surface area (TPSA) is 90.2 Å². The average Bonchev–Trinajstić information content (AvgIpc) is 2.43. The molecule has 6 heteroatoms.